The summed E-state index contributed by atoms with van der Waals surface area (Å²) in [6.45, 7) is 2.18. The topological polar surface area (TPSA) is 78.4 Å². The summed E-state index contributed by atoms with van der Waals surface area (Å²) in [5.74, 6) is -0.458. The van der Waals surface area contributed by atoms with E-state index in [1.54, 1.807) is 6.92 Å². The second-order valence-corrected chi connectivity index (χ2v) is 3.14. The minimum absolute atomic E-state index is 0.0590. The maximum absolute atomic E-state index is 11.1. The van der Waals surface area contributed by atoms with E-state index >= 15 is 0 Å². The van der Waals surface area contributed by atoms with Gasteiger partial charge in [0, 0.05) is 13.0 Å². The molecule has 5 nitrogen and oxygen atoms in total. The number of aliphatic hydroxyl groups excluding tert-OH is 1. The molecule has 0 aromatic rings. The van der Waals surface area contributed by atoms with Crippen molar-refractivity contribution < 1.29 is 14.7 Å². The molecule has 1 fully saturated rings. The van der Waals surface area contributed by atoms with Crippen molar-refractivity contribution in [2.24, 2.45) is 0 Å². The van der Waals surface area contributed by atoms with Crippen molar-refractivity contribution in [3.8, 4) is 0 Å². The molecule has 1 rings (SSSR count). The molecule has 1 aliphatic rings. The lowest BCUT2D eigenvalue weighted by Gasteiger charge is -2.13. The molecular formula is C8H14N2O3. The average Bonchev–Trinajstić information content (AvgIpc) is 2.49. The highest BCUT2D eigenvalue weighted by Crippen LogP contribution is 2.00. The predicted molar refractivity (Wildman–Crippen MR) is 45.9 cm³/mol. The SMILES string of the molecule is CCC(O)C(=O)NC1CNC(=O)C1. The monoisotopic (exact) mass is 186 g/mol. The number of hydrogen-bond donors (Lipinski definition) is 3. The van der Waals surface area contributed by atoms with Crippen LogP contribution in [0.2, 0.25) is 0 Å². The fraction of sp³-hybridized carbons (Fsp3) is 0.750. The van der Waals surface area contributed by atoms with Gasteiger partial charge < -0.3 is 15.7 Å². The Morgan fingerprint density at radius 3 is 3.00 bits per heavy atom. The molecule has 3 N–H and O–H groups in total. The Labute approximate surface area is 76.5 Å². The van der Waals surface area contributed by atoms with Gasteiger partial charge in [0.2, 0.25) is 11.8 Å². The van der Waals surface area contributed by atoms with Crippen LogP contribution in [0, 0.1) is 0 Å². The molecule has 1 saturated heterocycles. The molecule has 2 atom stereocenters. The Morgan fingerprint density at radius 1 is 1.85 bits per heavy atom. The van der Waals surface area contributed by atoms with Crippen molar-refractivity contribution in [2.45, 2.75) is 31.9 Å². The second kappa shape index (κ2) is 4.23. The van der Waals surface area contributed by atoms with Crippen molar-refractivity contribution in [1.29, 1.82) is 0 Å². The second-order valence-electron chi connectivity index (χ2n) is 3.14. The van der Waals surface area contributed by atoms with Gasteiger partial charge in [0.15, 0.2) is 0 Å². The van der Waals surface area contributed by atoms with Gasteiger partial charge in [-0.2, -0.15) is 0 Å². The first kappa shape index (κ1) is 9.98. The summed E-state index contributed by atoms with van der Waals surface area (Å²) < 4.78 is 0. The summed E-state index contributed by atoms with van der Waals surface area (Å²) in [6.07, 6.45) is -0.266. The first-order valence-electron chi connectivity index (χ1n) is 4.38. The number of carbonyl (C=O) groups excluding carboxylic acids is 2. The number of hydrogen-bond acceptors (Lipinski definition) is 3. The molecule has 0 aromatic heterocycles. The summed E-state index contributed by atoms with van der Waals surface area (Å²) >= 11 is 0. The molecule has 2 unspecified atom stereocenters. The molecule has 0 spiro atoms. The summed E-state index contributed by atoms with van der Waals surface area (Å²) in [6, 6.07) is -0.166. The molecule has 1 aliphatic heterocycles. The van der Waals surface area contributed by atoms with Crippen LogP contribution in [0.25, 0.3) is 0 Å². The Hall–Kier alpha value is -1.10. The Bertz CT molecular complexity index is 217. The number of aliphatic hydroxyl groups is 1. The first-order valence-corrected chi connectivity index (χ1v) is 4.38. The van der Waals surface area contributed by atoms with Gasteiger partial charge in [0.1, 0.15) is 6.10 Å². The predicted octanol–water partition coefficient (Wildman–Crippen LogP) is -1.24. The highest BCUT2D eigenvalue weighted by molar-refractivity contribution is 5.83. The third-order valence-electron chi connectivity index (χ3n) is 2.01. The van der Waals surface area contributed by atoms with Crippen molar-refractivity contribution in [3.63, 3.8) is 0 Å². The third-order valence-corrected chi connectivity index (χ3v) is 2.01. The number of rotatable bonds is 3. The lowest BCUT2D eigenvalue weighted by molar-refractivity contribution is -0.130. The molecule has 0 bridgehead atoms. The molecule has 5 heteroatoms. The molecule has 2 amide bonds. The zero-order valence-electron chi connectivity index (χ0n) is 7.54. The van der Waals surface area contributed by atoms with Crippen LogP contribution in [-0.2, 0) is 9.59 Å². The molecule has 0 aliphatic carbocycles. The maximum atomic E-state index is 11.1. The lowest BCUT2D eigenvalue weighted by atomic mass is 10.2. The van der Waals surface area contributed by atoms with Gasteiger partial charge in [-0.1, -0.05) is 6.92 Å². The van der Waals surface area contributed by atoms with Crippen LogP contribution in [0.1, 0.15) is 19.8 Å². The molecule has 0 aromatic carbocycles. The minimum atomic E-state index is -0.962. The number of nitrogens with one attached hydrogen (secondary N) is 2. The van der Waals surface area contributed by atoms with Crippen LogP contribution in [0.4, 0.5) is 0 Å². The standard InChI is InChI=1S/C8H14N2O3/c1-2-6(11)8(13)10-5-3-7(12)9-4-5/h5-6,11H,2-4H2,1H3,(H,9,12)(H,10,13). The van der Waals surface area contributed by atoms with Gasteiger partial charge in [-0.3, -0.25) is 9.59 Å². The summed E-state index contributed by atoms with van der Waals surface area (Å²) in [5, 5.41) is 14.3. The van der Waals surface area contributed by atoms with Crippen LogP contribution in [0.5, 0.6) is 0 Å². The Kier molecular flexibility index (Phi) is 3.25. The van der Waals surface area contributed by atoms with E-state index < -0.39 is 12.0 Å². The molecule has 0 saturated carbocycles. The van der Waals surface area contributed by atoms with E-state index in [0.717, 1.165) is 0 Å². The van der Waals surface area contributed by atoms with Gasteiger partial charge >= 0.3 is 0 Å². The van der Waals surface area contributed by atoms with Crippen molar-refractivity contribution in [2.75, 3.05) is 6.54 Å². The normalized spacial score (nSPS) is 23.8. The summed E-state index contributed by atoms with van der Waals surface area (Å²) in [5.41, 5.74) is 0. The Morgan fingerprint density at radius 2 is 2.54 bits per heavy atom. The van der Waals surface area contributed by atoms with E-state index in [9.17, 15) is 9.59 Å². The fourth-order valence-corrected chi connectivity index (χ4v) is 1.19. The van der Waals surface area contributed by atoms with Gasteiger partial charge in [-0.05, 0) is 6.42 Å². The first-order chi connectivity index (χ1) is 6.13. The highest BCUT2D eigenvalue weighted by atomic mass is 16.3. The van der Waals surface area contributed by atoms with Gasteiger partial charge in [-0.15, -0.1) is 0 Å². The maximum Gasteiger partial charge on any atom is 0.249 e. The van der Waals surface area contributed by atoms with Crippen molar-refractivity contribution in [1.82, 2.24) is 10.6 Å². The number of amides is 2. The van der Waals surface area contributed by atoms with Crippen molar-refractivity contribution in [3.05, 3.63) is 0 Å². The quantitative estimate of drug-likeness (QED) is 0.516. The van der Waals surface area contributed by atoms with Crippen LogP contribution in [0.3, 0.4) is 0 Å². The Balaban J connectivity index is 2.32. The number of carbonyl (C=O) groups is 2. The summed E-state index contributed by atoms with van der Waals surface area (Å²) in [7, 11) is 0. The average molecular weight is 186 g/mol. The van der Waals surface area contributed by atoms with Gasteiger partial charge in [-0.25, -0.2) is 0 Å². The van der Waals surface area contributed by atoms with Gasteiger partial charge in [0.05, 0.1) is 6.04 Å². The zero-order valence-corrected chi connectivity index (χ0v) is 7.54. The lowest BCUT2D eigenvalue weighted by Crippen LogP contribution is -2.42. The van der Waals surface area contributed by atoms with E-state index in [0.29, 0.717) is 19.4 Å². The highest BCUT2D eigenvalue weighted by Gasteiger charge is 2.24. The van der Waals surface area contributed by atoms with E-state index in [1.165, 1.54) is 0 Å². The third kappa shape index (κ3) is 2.69. The molecule has 13 heavy (non-hydrogen) atoms. The van der Waals surface area contributed by atoms with E-state index in [4.69, 9.17) is 5.11 Å². The van der Waals surface area contributed by atoms with Crippen molar-refractivity contribution >= 4 is 11.8 Å². The van der Waals surface area contributed by atoms with Crippen LogP contribution in [0.15, 0.2) is 0 Å². The minimum Gasteiger partial charge on any atom is -0.383 e. The fourth-order valence-electron chi connectivity index (χ4n) is 1.19. The smallest absolute Gasteiger partial charge is 0.249 e. The van der Waals surface area contributed by atoms with Crippen LogP contribution in [-0.4, -0.2) is 35.6 Å². The molecular weight excluding hydrogens is 172 g/mol. The van der Waals surface area contributed by atoms with Crippen LogP contribution >= 0.6 is 0 Å². The molecule has 0 radical (unpaired) electrons. The van der Waals surface area contributed by atoms with E-state index in [1.807, 2.05) is 0 Å². The van der Waals surface area contributed by atoms with Crippen LogP contribution < -0.4 is 10.6 Å². The molecule has 1 heterocycles. The van der Waals surface area contributed by atoms with Gasteiger partial charge in [0.25, 0.3) is 0 Å². The zero-order chi connectivity index (χ0) is 9.84. The largest absolute Gasteiger partial charge is 0.383 e. The van der Waals surface area contributed by atoms with E-state index in [2.05, 4.69) is 10.6 Å². The van der Waals surface area contributed by atoms with E-state index in [-0.39, 0.29) is 11.9 Å². The summed E-state index contributed by atoms with van der Waals surface area (Å²) in [4.78, 5) is 21.9. The molecule has 74 valence electrons.